The summed E-state index contributed by atoms with van der Waals surface area (Å²) in [5, 5.41) is 2.09. The van der Waals surface area contributed by atoms with Gasteiger partial charge in [0.2, 0.25) is 0 Å². The van der Waals surface area contributed by atoms with Crippen molar-refractivity contribution in [1.82, 2.24) is 9.55 Å². The Morgan fingerprint density at radius 2 is 2.35 bits per heavy atom. The predicted molar refractivity (Wildman–Crippen MR) is 75.4 cm³/mol. The van der Waals surface area contributed by atoms with Crippen molar-refractivity contribution in [3.63, 3.8) is 0 Å². The molecule has 2 aromatic rings. The maximum absolute atomic E-state index is 6.26. The molecule has 3 nitrogen and oxygen atoms in total. The van der Waals surface area contributed by atoms with Crippen molar-refractivity contribution >= 4 is 27.3 Å². The van der Waals surface area contributed by atoms with Crippen molar-refractivity contribution in [1.29, 1.82) is 0 Å². The third-order valence-electron chi connectivity index (χ3n) is 2.92. The zero-order valence-corrected chi connectivity index (χ0v) is 12.3. The number of nitrogens with zero attached hydrogens (tertiary/aromatic N) is 2. The molecule has 92 valence electrons. The molecule has 2 heterocycles. The summed E-state index contributed by atoms with van der Waals surface area (Å²) in [5.74, 6) is 1.00. The zero-order valence-electron chi connectivity index (χ0n) is 9.93. The minimum absolute atomic E-state index is 0.105. The van der Waals surface area contributed by atoms with Crippen LogP contribution in [0.4, 0.5) is 0 Å². The first kappa shape index (κ1) is 12.8. The topological polar surface area (TPSA) is 43.8 Å². The number of aromatic nitrogens is 2. The molecule has 5 heteroatoms. The van der Waals surface area contributed by atoms with Gasteiger partial charge in [0.25, 0.3) is 0 Å². The first-order chi connectivity index (χ1) is 8.13. The molecule has 2 N–H and O–H groups in total. The number of imidazole rings is 1. The highest BCUT2D eigenvalue weighted by Gasteiger charge is 2.23. The number of thiophene rings is 1. The van der Waals surface area contributed by atoms with Crippen molar-refractivity contribution < 1.29 is 0 Å². The summed E-state index contributed by atoms with van der Waals surface area (Å²) in [6.07, 6.45) is 4.77. The Morgan fingerprint density at radius 1 is 1.59 bits per heavy atom. The van der Waals surface area contributed by atoms with Gasteiger partial charge in [0, 0.05) is 33.2 Å². The monoisotopic (exact) mass is 313 g/mol. The van der Waals surface area contributed by atoms with Crippen molar-refractivity contribution in [3.05, 3.63) is 39.0 Å². The molecule has 0 fully saturated rings. The average molecular weight is 314 g/mol. The molecule has 2 atom stereocenters. The van der Waals surface area contributed by atoms with E-state index in [1.54, 1.807) is 11.3 Å². The Bertz CT molecular complexity index is 491. The van der Waals surface area contributed by atoms with Crippen LogP contribution >= 0.6 is 27.3 Å². The highest BCUT2D eigenvalue weighted by atomic mass is 79.9. The SMILES string of the molecule is CCC(N)C(c1cc(Br)cs1)n1ccnc1C. The second kappa shape index (κ2) is 5.33. The molecule has 0 aliphatic rings. The molecular weight excluding hydrogens is 298 g/mol. The van der Waals surface area contributed by atoms with Gasteiger partial charge in [-0.2, -0.15) is 0 Å². The smallest absolute Gasteiger partial charge is 0.106 e. The van der Waals surface area contributed by atoms with Crippen LogP contribution in [0.5, 0.6) is 0 Å². The third-order valence-corrected chi connectivity index (χ3v) is 4.68. The summed E-state index contributed by atoms with van der Waals surface area (Å²) in [6, 6.07) is 2.43. The molecule has 0 aliphatic heterocycles. The highest BCUT2D eigenvalue weighted by Crippen LogP contribution is 2.31. The maximum Gasteiger partial charge on any atom is 0.106 e. The molecule has 0 aromatic carbocycles. The van der Waals surface area contributed by atoms with Gasteiger partial charge in [-0.25, -0.2) is 4.98 Å². The first-order valence-electron chi connectivity index (χ1n) is 5.62. The molecule has 0 aliphatic carbocycles. The van der Waals surface area contributed by atoms with Crippen LogP contribution in [0.2, 0.25) is 0 Å². The van der Waals surface area contributed by atoms with E-state index in [-0.39, 0.29) is 12.1 Å². The van der Waals surface area contributed by atoms with Crippen LogP contribution < -0.4 is 5.73 Å². The molecule has 0 saturated carbocycles. The average Bonchev–Trinajstić information content (AvgIpc) is 2.90. The number of halogens is 1. The van der Waals surface area contributed by atoms with E-state index in [1.165, 1.54) is 4.88 Å². The lowest BCUT2D eigenvalue weighted by atomic mass is 10.0. The van der Waals surface area contributed by atoms with Gasteiger partial charge in [0.05, 0.1) is 6.04 Å². The lowest BCUT2D eigenvalue weighted by Gasteiger charge is -2.24. The molecule has 0 radical (unpaired) electrons. The molecular formula is C12H16BrN3S. The Balaban J connectivity index is 2.42. The zero-order chi connectivity index (χ0) is 12.4. The molecule has 2 aromatic heterocycles. The van der Waals surface area contributed by atoms with Gasteiger partial charge in [0.1, 0.15) is 5.82 Å². The van der Waals surface area contributed by atoms with Crippen LogP contribution in [-0.4, -0.2) is 15.6 Å². The molecule has 0 amide bonds. The van der Waals surface area contributed by atoms with E-state index in [1.807, 2.05) is 19.3 Å². The van der Waals surface area contributed by atoms with Crippen molar-refractivity contribution in [3.8, 4) is 0 Å². The van der Waals surface area contributed by atoms with E-state index in [9.17, 15) is 0 Å². The Labute approximate surface area is 114 Å². The van der Waals surface area contributed by atoms with Crippen LogP contribution in [0.25, 0.3) is 0 Å². The largest absolute Gasteiger partial charge is 0.326 e. The molecule has 2 rings (SSSR count). The Kier molecular flexibility index (Phi) is 4.01. The van der Waals surface area contributed by atoms with Crippen LogP contribution in [0, 0.1) is 6.92 Å². The van der Waals surface area contributed by atoms with E-state index < -0.39 is 0 Å². The summed E-state index contributed by atoms with van der Waals surface area (Å²) in [6.45, 7) is 4.13. The number of hydrogen-bond acceptors (Lipinski definition) is 3. The summed E-state index contributed by atoms with van der Waals surface area (Å²) in [7, 11) is 0. The second-order valence-electron chi connectivity index (χ2n) is 4.07. The van der Waals surface area contributed by atoms with Crippen molar-refractivity contribution in [2.75, 3.05) is 0 Å². The third kappa shape index (κ3) is 2.61. The standard InChI is InChI=1S/C12H16BrN3S/c1-3-10(14)12(11-6-9(13)7-17-11)16-5-4-15-8(16)2/h4-7,10,12H,3,14H2,1-2H3. The fourth-order valence-corrected chi connectivity index (χ4v) is 3.56. The predicted octanol–water partition coefficient (Wildman–Crippen LogP) is 3.34. The van der Waals surface area contributed by atoms with E-state index >= 15 is 0 Å². The number of nitrogens with two attached hydrogens (primary N) is 1. The lowest BCUT2D eigenvalue weighted by molar-refractivity contribution is 0.457. The van der Waals surface area contributed by atoms with Gasteiger partial charge >= 0.3 is 0 Å². The van der Waals surface area contributed by atoms with E-state index in [0.29, 0.717) is 0 Å². The number of hydrogen-bond donors (Lipinski definition) is 1. The van der Waals surface area contributed by atoms with Gasteiger partial charge in [0.15, 0.2) is 0 Å². The van der Waals surface area contributed by atoms with Crippen LogP contribution in [0.15, 0.2) is 28.3 Å². The minimum atomic E-state index is 0.105. The summed E-state index contributed by atoms with van der Waals surface area (Å²) >= 11 is 5.23. The van der Waals surface area contributed by atoms with E-state index in [0.717, 1.165) is 16.7 Å². The van der Waals surface area contributed by atoms with Crippen molar-refractivity contribution in [2.45, 2.75) is 32.4 Å². The number of aryl methyl sites for hydroxylation is 1. The lowest BCUT2D eigenvalue weighted by Crippen LogP contribution is -2.32. The van der Waals surface area contributed by atoms with Crippen LogP contribution in [0.1, 0.15) is 30.1 Å². The Hall–Kier alpha value is -0.650. The summed E-state index contributed by atoms with van der Waals surface area (Å²) in [5.41, 5.74) is 6.26. The molecule has 0 saturated heterocycles. The summed E-state index contributed by atoms with van der Waals surface area (Å²) < 4.78 is 3.27. The molecule has 17 heavy (non-hydrogen) atoms. The molecule has 2 unspecified atom stereocenters. The van der Waals surface area contributed by atoms with Crippen molar-refractivity contribution in [2.24, 2.45) is 5.73 Å². The normalized spacial score (nSPS) is 14.8. The van der Waals surface area contributed by atoms with Crippen LogP contribution in [0.3, 0.4) is 0 Å². The van der Waals surface area contributed by atoms with Gasteiger partial charge in [-0.15, -0.1) is 11.3 Å². The van der Waals surface area contributed by atoms with Crippen LogP contribution in [-0.2, 0) is 0 Å². The molecule has 0 bridgehead atoms. The van der Waals surface area contributed by atoms with Gasteiger partial charge < -0.3 is 10.3 Å². The first-order valence-corrected chi connectivity index (χ1v) is 7.29. The number of rotatable bonds is 4. The Morgan fingerprint density at radius 3 is 2.82 bits per heavy atom. The van der Waals surface area contributed by atoms with Gasteiger partial charge in [-0.05, 0) is 35.3 Å². The maximum atomic E-state index is 6.26. The second-order valence-corrected chi connectivity index (χ2v) is 5.92. The fourth-order valence-electron chi connectivity index (χ4n) is 1.94. The molecule has 0 spiro atoms. The summed E-state index contributed by atoms with van der Waals surface area (Å²) in [4.78, 5) is 5.56. The van der Waals surface area contributed by atoms with E-state index in [4.69, 9.17) is 5.73 Å². The minimum Gasteiger partial charge on any atom is -0.326 e. The van der Waals surface area contributed by atoms with E-state index in [2.05, 4.69) is 43.9 Å². The van der Waals surface area contributed by atoms with Gasteiger partial charge in [-0.1, -0.05) is 6.92 Å². The fraction of sp³-hybridized carbons (Fsp3) is 0.417. The highest BCUT2D eigenvalue weighted by molar-refractivity contribution is 9.10. The quantitative estimate of drug-likeness (QED) is 0.940. The van der Waals surface area contributed by atoms with Gasteiger partial charge in [-0.3, -0.25) is 0 Å².